The van der Waals surface area contributed by atoms with Gasteiger partial charge in [-0.3, -0.25) is 10.1 Å². The number of nitro groups is 1. The molecule has 0 saturated heterocycles. The molecule has 2 aromatic rings. The third kappa shape index (κ3) is 3.01. The number of nitrogens with one attached hydrogen (secondary N) is 1. The molecule has 2 aromatic heterocycles. The number of aromatic nitrogens is 3. The number of rotatable bonds is 5. The minimum Gasteiger partial charge on any atom is -0.364 e. The van der Waals surface area contributed by atoms with E-state index in [1.807, 2.05) is 0 Å². The fourth-order valence-electron chi connectivity index (χ4n) is 1.38. The molecule has 0 aliphatic carbocycles. The molecule has 0 aromatic carbocycles. The third-order valence-electron chi connectivity index (χ3n) is 2.24. The van der Waals surface area contributed by atoms with Gasteiger partial charge in [0.1, 0.15) is 6.07 Å². The molecule has 9 heteroatoms. The summed E-state index contributed by atoms with van der Waals surface area (Å²) in [5, 5.41) is 25.9. The lowest BCUT2D eigenvalue weighted by Crippen LogP contribution is -2.09. The first kappa shape index (κ1) is 12.4. The van der Waals surface area contributed by atoms with E-state index in [-0.39, 0.29) is 17.1 Å². The number of hydrogen-bond donors (Lipinski definition) is 1. The van der Waals surface area contributed by atoms with E-state index in [9.17, 15) is 10.1 Å². The molecule has 96 valence electrons. The van der Waals surface area contributed by atoms with Crippen molar-refractivity contribution in [2.24, 2.45) is 0 Å². The quantitative estimate of drug-likeness (QED) is 0.619. The monoisotopic (exact) mass is 260 g/mol. The molecule has 2 rings (SSSR count). The number of pyridine rings is 1. The van der Waals surface area contributed by atoms with E-state index in [0.717, 1.165) is 0 Å². The molecular formula is C10H8N6O3. The molecule has 0 unspecified atom stereocenters. The van der Waals surface area contributed by atoms with Gasteiger partial charge in [-0.1, -0.05) is 5.16 Å². The zero-order valence-corrected chi connectivity index (χ0v) is 9.61. The van der Waals surface area contributed by atoms with Gasteiger partial charge in [-0.25, -0.2) is 4.98 Å². The van der Waals surface area contributed by atoms with Crippen LogP contribution in [0.15, 0.2) is 23.2 Å². The molecule has 0 amide bonds. The van der Waals surface area contributed by atoms with Crippen molar-refractivity contribution in [2.45, 2.75) is 6.42 Å². The zero-order chi connectivity index (χ0) is 13.7. The summed E-state index contributed by atoms with van der Waals surface area (Å²) in [5.41, 5.74) is -0.109. The van der Waals surface area contributed by atoms with Crippen LogP contribution in [-0.2, 0) is 6.42 Å². The average Bonchev–Trinajstić information content (AvgIpc) is 2.92. The van der Waals surface area contributed by atoms with Crippen molar-refractivity contribution in [3.63, 3.8) is 0 Å². The van der Waals surface area contributed by atoms with Crippen molar-refractivity contribution in [3.8, 4) is 6.07 Å². The molecule has 2 heterocycles. The molecule has 0 fully saturated rings. The van der Waals surface area contributed by atoms with E-state index in [4.69, 9.17) is 5.26 Å². The van der Waals surface area contributed by atoms with Crippen molar-refractivity contribution in [1.82, 2.24) is 15.1 Å². The van der Waals surface area contributed by atoms with Gasteiger partial charge >= 0.3 is 5.69 Å². The van der Waals surface area contributed by atoms with Crippen LogP contribution >= 0.6 is 0 Å². The van der Waals surface area contributed by atoms with Crippen molar-refractivity contribution < 1.29 is 9.45 Å². The molecule has 1 N–H and O–H groups in total. The second-order valence-corrected chi connectivity index (χ2v) is 3.48. The molecule has 0 spiro atoms. The predicted molar refractivity (Wildman–Crippen MR) is 62.1 cm³/mol. The van der Waals surface area contributed by atoms with Crippen molar-refractivity contribution in [1.29, 1.82) is 5.26 Å². The maximum atomic E-state index is 10.9. The van der Waals surface area contributed by atoms with E-state index < -0.39 is 4.92 Å². The SMILES string of the molecule is N#Cc1cnc(NCCc2ncon2)c([N+](=O)[O-])c1. The first-order valence-electron chi connectivity index (χ1n) is 5.24. The van der Waals surface area contributed by atoms with Crippen LogP contribution < -0.4 is 5.32 Å². The summed E-state index contributed by atoms with van der Waals surface area (Å²) in [4.78, 5) is 17.9. The van der Waals surface area contributed by atoms with Gasteiger partial charge in [0, 0.05) is 25.2 Å². The highest BCUT2D eigenvalue weighted by Gasteiger charge is 2.16. The molecule has 0 atom stereocenters. The molecule has 9 nitrogen and oxygen atoms in total. The number of hydrogen-bond acceptors (Lipinski definition) is 8. The Morgan fingerprint density at radius 3 is 3.00 bits per heavy atom. The molecular weight excluding hydrogens is 252 g/mol. The Morgan fingerprint density at radius 2 is 2.37 bits per heavy atom. The fourth-order valence-corrected chi connectivity index (χ4v) is 1.38. The Bertz CT molecular complexity index is 619. The molecule has 19 heavy (non-hydrogen) atoms. The Balaban J connectivity index is 2.07. The highest BCUT2D eigenvalue weighted by atomic mass is 16.6. The van der Waals surface area contributed by atoms with Crippen molar-refractivity contribution >= 4 is 11.5 Å². The number of nitriles is 1. The molecule has 0 radical (unpaired) electrons. The minimum atomic E-state index is -0.593. The summed E-state index contributed by atoms with van der Waals surface area (Å²) in [7, 11) is 0. The van der Waals surface area contributed by atoms with Crippen LogP contribution in [-0.4, -0.2) is 26.6 Å². The summed E-state index contributed by atoms with van der Waals surface area (Å²) in [6.45, 7) is 0.360. The van der Waals surface area contributed by atoms with E-state index in [1.54, 1.807) is 6.07 Å². The normalized spacial score (nSPS) is 9.84. The van der Waals surface area contributed by atoms with E-state index >= 15 is 0 Å². The summed E-state index contributed by atoms with van der Waals surface area (Å²) in [6, 6.07) is 2.97. The van der Waals surface area contributed by atoms with Crippen LogP contribution in [0.2, 0.25) is 0 Å². The van der Waals surface area contributed by atoms with Crippen LogP contribution in [0.3, 0.4) is 0 Å². The first-order chi connectivity index (χ1) is 9.20. The van der Waals surface area contributed by atoms with Gasteiger partial charge in [-0.2, -0.15) is 10.2 Å². The number of anilines is 1. The standard InChI is InChI=1S/C10H8N6O3/c11-4-7-3-8(16(17)18)10(13-5-7)12-2-1-9-14-6-19-15-9/h3,5-6H,1-2H2,(H,12,13). The van der Waals surface area contributed by atoms with Crippen molar-refractivity contribution in [2.75, 3.05) is 11.9 Å². The minimum absolute atomic E-state index is 0.104. The second-order valence-electron chi connectivity index (χ2n) is 3.48. The number of nitrogens with zero attached hydrogens (tertiary/aromatic N) is 5. The Morgan fingerprint density at radius 1 is 1.53 bits per heavy atom. The molecule has 0 aliphatic rings. The van der Waals surface area contributed by atoms with Crippen LogP contribution in [0.4, 0.5) is 11.5 Å². The molecule has 0 bridgehead atoms. The van der Waals surface area contributed by atoms with Gasteiger partial charge in [0.25, 0.3) is 0 Å². The maximum absolute atomic E-state index is 10.9. The fraction of sp³-hybridized carbons (Fsp3) is 0.200. The highest BCUT2D eigenvalue weighted by molar-refractivity contribution is 5.58. The van der Waals surface area contributed by atoms with Gasteiger partial charge in [0.05, 0.1) is 10.5 Å². The summed E-state index contributed by atoms with van der Waals surface area (Å²) in [6.07, 6.45) is 2.91. The smallest absolute Gasteiger partial charge is 0.312 e. The Labute approximate surface area is 107 Å². The summed E-state index contributed by atoms with van der Waals surface area (Å²) in [5.74, 6) is 0.594. The van der Waals surface area contributed by atoms with Gasteiger partial charge in [0.2, 0.25) is 12.2 Å². The predicted octanol–water partition coefficient (Wildman–Crippen LogP) is 0.899. The van der Waals surface area contributed by atoms with Crippen LogP contribution in [0.25, 0.3) is 0 Å². The largest absolute Gasteiger partial charge is 0.364 e. The van der Waals surface area contributed by atoms with E-state index in [1.165, 1.54) is 18.7 Å². The van der Waals surface area contributed by atoms with Gasteiger partial charge in [0.15, 0.2) is 5.82 Å². The van der Waals surface area contributed by atoms with Crippen LogP contribution in [0, 0.1) is 21.4 Å². The van der Waals surface area contributed by atoms with E-state index in [0.29, 0.717) is 18.8 Å². The summed E-state index contributed by atoms with van der Waals surface area (Å²) < 4.78 is 4.56. The van der Waals surface area contributed by atoms with Gasteiger partial charge in [-0.15, -0.1) is 0 Å². The zero-order valence-electron chi connectivity index (χ0n) is 9.61. The lowest BCUT2D eigenvalue weighted by atomic mass is 10.2. The topological polar surface area (TPSA) is 131 Å². The summed E-state index contributed by atoms with van der Waals surface area (Å²) >= 11 is 0. The molecule has 0 aliphatic heterocycles. The highest BCUT2D eigenvalue weighted by Crippen LogP contribution is 2.22. The third-order valence-corrected chi connectivity index (χ3v) is 2.24. The van der Waals surface area contributed by atoms with Gasteiger partial charge < -0.3 is 9.84 Å². The van der Waals surface area contributed by atoms with E-state index in [2.05, 4.69) is 25.0 Å². The molecule has 0 saturated carbocycles. The first-order valence-corrected chi connectivity index (χ1v) is 5.24. The second kappa shape index (κ2) is 5.54. The average molecular weight is 260 g/mol. The lowest BCUT2D eigenvalue weighted by Gasteiger charge is -2.04. The maximum Gasteiger partial charge on any atom is 0.312 e. The Hall–Kier alpha value is -3.02. The van der Waals surface area contributed by atoms with Gasteiger partial charge in [-0.05, 0) is 0 Å². The van der Waals surface area contributed by atoms with Crippen LogP contribution in [0.5, 0.6) is 0 Å². The van der Waals surface area contributed by atoms with Crippen LogP contribution in [0.1, 0.15) is 11.4 Å². The van der Waals surface area contributed by atoms with Crippen molar-refractivity contribution in [3.05, 3.63) is 40.2 Å². The lowest BCUT2D eigenvalue weighted by molar-refractivity contribution is -0.384. The Kier molecular flexibility index (Phi) is 3.63.